The molecule has 4 aromatic carbocycles. The van der Waals surface area contributed by atoms with Crippen molar-refractivity contribution in [2.24, 2.45) is 0 Å². The van der Waals surface area contributed by atoms with Crippen LogP contribution < -0.4 is 14.4 Å². The van der Waals surface area contributed by atoms with Gasteiger partial charge in [0.15, 0.2) is 0 Å². The number of nitrogens with one attached hydrogen (secondary N) is 1. The van der Waals surface area contributed by atoms with Crippen molar-refractivity contribution in [2.75, 3.05) is 24.5 Å². The van der Waals surface area contributed by atoms with Crippen LogP contribution in [0, 0.1) is 5.82 Å². The summed E-state index contributed by atoms with van der Waals surface area (Å²) >= 11 is 0. The monoisotopic (exact) mass is 617 g/mol. The topological polar surface area (TPSA) is 96.0 Å². The highest BCUT2D eigenvalue weighted by Crippen LogP contribution is 2.25. The van der Waals surface area contributed by atoms with Gasteiger partial charge in [-0.25, -0.2) is 12.8 Å². The van der Waals surface area contributed by atoms with Gasteiger partial charge in [0, 0.05) is 19.5 Å². The highest BCUT2D eigenvalue weighted by atomic mass is 32.2. The molecule has 4 aromatic rings. The number of hydrogen-bond acceptors (Lipinski definition) is 5. The van der Waals surface area contributed by atoms with E-state index in [0.29, 0.717) is 24.3 Å². The van der Waals surface area contributed by atoms with Crippen LogP contribution in [0.1, 0.15) is 24.5 Å². The van der Waals surface area contributed by atoms with Gasteiger partial charge in [-0.1, -0.05) is 67.6 Å². The van der Waals surface area contributed by atoms with Gasteiger partial charge in [-0.3, -0.25) is 13.9 Å². The SMILES string of the molecule is CCCNC(=O)[C@H](Cc1ccccc1)N(Cc1cccc(OC)c1)C(=O)CN(c1ccccc1)S(=O)(=O)c1ccc(F)cc1. The van der Waals surface area contributed by atoms with Gasteiger partial charge in [0.25, 0.3) is 10.0 Å². The minimum Gasteiger partial charge on any atom is -0.497 e. The maximum atomic E-state index is 14.4. The van der Waals surface area contributed by atoms with Gasteiger partial charge in [0.1, 0.15) is 24.2 Å². The van der Waals surface area contributed by atoms with Gasteiger partial charge in [-0.05, 0) is 66.1 Å². The fourth-order valence-corrected chi connectivity index (χ4v) is 6.16. The Morgan fingerprint density at radius 2 is 1.50 bits per heavy atom. The molecule has 230 valence electrons. The fraction of sp³-hybridized carbons (Fsp3) is 0.235. The molecule has 1 atom stereocenters. The van der Waals surface area contributed by atoms with Crippen molar-refractivity contribution in [3.05, 3.63) is 126 Å². The van der Waals surface area contributed by atoms with E-state index in [0.717, 1.165) is 34.1 Å². The number of amides is 2. The van der Waals surface area contributed by atoms with E-state index < -0.39 is 34.3 Å². The van der Waals surface area contributed by atoms with Crippen molar-refractivity contribution in [3.8, 4) is 5.75 Å². The highest BCUT2D eigenvalue weighted by molar-refractivity contribution is 7.92. The molecule has 4 rings (SSSR count). The minimum atomic E-state index is -4.30. The van der Waals surface area contributed by atoms with Crippen molar-refractivity contribution in [1.82, 2.24) is 10.2 Å². The van der Waals surface area contributed by atoms with E-state index in [1.807, 2.05) is 43.3 Å². The average molecular weight is 618 g/mol. The summed E-state index contributed by atoms with van der Waals surface area (Å²) in [4.78, 5) is 29.3. The zero-order valence-corrected chi connectivity index (χ0v) is 25.5. The molecule has 44 heavy (non-hydrogen) atoms. The van der Waals surface area contributed by atoms with E-state index in [4.69, 9.17) is 4.74 Å². The Labute approximate surface area is 258 Å². The maximum absolute atomic E-state index is 14.4. The van der Waals surface area contributed by atoms with E-state index in [1.165, 1.54) is 12.0 Å². The molecule has 0 aliphatic heterocycles. The summed E-state index contributed by atoms with van der Waals surface area (Å²) in [5.41, 5.74) is 1.79. The van der Waals surface area contributed by atoms with Gasteiger partial charge in [-0.2, -0.15) is 0 Å². The second kappa shape index (κ2) is 15.2. The standard InChI is InChI=1S/C34H36FN3O5S/c1-3-21-36-34(40)32(23-26-11-6-4-7-12-26)37(24-27-13-10-16-30(22-27)43-2)33(39)25-38(29-14-8-5-9-15-29)44(41,42)31-19-17-28(35)18-20-31/h4-20,22,32H,3,21,23-25H2,1-2H3,(H,36,40)/t32-/m0/s1. The number of benzene rings is 4. The number of rotatable bonds is 14. The lowest BCUT2D eigenvalue weighted by molar-refractivity contribution is -0.140. The zero-order chi connectivity index (χ0) is 31.5. The number of hydrogen-bond donors (Lipinski definition) is 1. The summed E-state index contributed by atoms with van der Waals surface area (Å²) < 4.78 is 47.9. The van der Waals surface area contributed by atoms with Crippen LogP contribution in [-0.2, 0) is 32.6 Å². The van der Waals surface area contributed by atoms with E-state index in [-0.39, 0.29) is 29.5 Å². The van der Waals surface area contributed by atoms with Crippen LogP contribution in [0.4, 0.5) is 10.1 Å². The predicted octanol–water partition coefficient (Wildman–Crippen LogP) is 5.20. The zero-order valence-electron chi connectivity index (χ0n) is 24.7. The van der Waals surface area contributed by atoms with Crippen LogP contribution in [-0.4, -0.2) is 51.4 Å². The minimum absolute atomic E-state index is 0.0201. The van der Waals surface area contributed by atoms with Gasteiger partial charge < -0.3 is 15.0 Å². The third-order valence-electron chi connectivity index (χ3n) is 7.03. The molecular weight excluding hydrogens is 581 g/mol. The number of carbonyl (C=O) groups excluding carboxylic acids is 2. The van der Waals surface area contributed by atoms with Crippen LogP contribution in [0.3, 0.4) is 0 Å². The number of anilines is 1. The summed E-state index contributed by atoms with van der Waals surface area (Å²) in [5.74, 6) is -0.943. The first-order chi connectivity index (χ1) is 21.2. The molecule has 0 spiro atoms. The van der Waals surface area contributed by atoms with Crippen molar-refractivity contribution in [1.29, 1.82) is 0 Å². The molecule has 0 saturated heterocycles. The molecule has 0 fully saturated rings. The van der Waals surface area contributed by atoms with Crippen LogP contribution >= 0.6 is 0 Å². The largest absolute Gasteiger partial charge is 0.497 e. The Morgan fingerprint density at radius 1 is 0.864 bits per heavy atom. The first-order valence-electron chi connectivity index (χ1n) is 14.3. The lowest BCUT2D eigenvalue weighted by atomic mass is 10.0. The highest BCUT2D eigenvalue weighted by Gasteiger charge is 2.34. The van der Waals surface area contributed by atoms with Gasteiger partial charge in [0.05, 0.1) is 17.7 Å². The predicted molar refractivity (Wildman–Crippen MR) is 168 cm³/mol. The normalized spacial score (nSPS) is 11.8. The third kappa shape index (κ3) is 8.23. The van der Waals surface area contributed by atoms with Gasteiger partial charge in [0.2, 0.25) is 11.8 Å². The molecule has 0 aliphatic carbocycles. The number of para-hydroxylation sites is 1. The first kappa shape index (κ1) is 32.2. The summed E-state index contributed by atoms with van der Waals surface area (Å²) in [6.07, 6.45) is 0.910. The van der Waals surface area contributed by atoms with Crippen molar-refractivity contribution in [3.63, 3.8) is 0 Å². The first-order valence-corrected chi connectivity index (χ1v) is 15.7. The molecule has 0 aromatic heterocycles. The number of sulfonamides is 1. The molecule has 0 saturated carbocycles. The van der Waals surface area contributed by atoms with Crippen molar-refractivity contribution < 1.29 is 27.1 Å². The van der Waals surface area contributed by atoms with Crippen LogP contribution in [0.2, 0.25) is 0 Å². The summed E-state index contributed by atoms with van der Waals surface area (Å²) in [6.45, 7) is 1.77. The van der Waals surface area contributed by atoms with Crippen LogP contribution in [0.5, 0.6) is 5.75 Å². The Morgan fingerprint density at radius 3 is 2.14 bits per heavy atom. The molecule has 2 amide bonds. The summed E-state index contributed by atoms with van der Waals surface area (Å²) in [6, 6.07) is 28.2. The molecule has 8 nitrogen and oxygen atoms in total. The lowest BCUT2D eigenvalue weighted by Crippen LogP contribution is -2.53. The van der Waals surface area contributed by atoms with Crippen molar-refractivity contribution >= 4 is 27.5 Å². The Hall–Kier alpha value is -4.70. The molecule has 0 unspecified atom stereocenters. The lowest BCUT2D eigenvalue weighted by Gasteiger charge is -2.34. The number of nitrogens with zero attached hydrogens (tertiary/aromatic N) is 2. The third-order valence-corrected chi connectivity index (χ3v) is 8.82. The summed E-state index contributed by atoms with van der Waals surface area (Å²) in [5, 5.41) is 2.92. The molecule has 0 radical (unpaired) electrons. The molecule has 0 bridgehead atoms. The average Bonchev–Trinajstić information content (AvgIpc) is 3.05. The number of carbonyl (C=O) groups is 2. The second-order valence-corrected chi connectivity index (χ2v) is 12.0. The smallest absolute Gasteiger partial charge is 0.264 e. The molecular formula is C34H36FN3O5S. The Balaban J connectivity index is 1.78. The van der Waals surface area contributed by atoms with Crippen LogP contribution in [0.25, 0.3) is 0 Å². The number of halogens is 1. The molecule has 0 aliphatic rings. The van der Waals surface area contributed by atoms with E-state index in [2.05, 4.69) is 5.32 Å². The summed E-state index contributed by atoms with van der Waals surface area (Å²) in [7, 11) is -2.77. The van der Waals surface area contributed by atoms with Crippen LogP contribution in [0.15, 0.2) is 114 Å². The van der Waals surface area contributed by atoms with E-state index in [1.54, 1.807) is 48.5 Å². The van der Waals surface area contributed by atoms with E-state index >= 15 is 0 Å². The Bertz CT molecular complexity index is 1630. The van der Waals surface area contributed by atoms with Crippen molar-refractivity contribution in [2.45, 2.75) is 37.2 Å². The molecule has 10 heteroatoms. The van der Waals surface area contributed by atoms with E-state index in [9.17, 15) is 22.4 Å². The Kier molecular flexibility index (Phi) is 11.1. The van der Waals surface area contributed by atoms with Gasteiger partial charge >= 0.3 is 0 Å². The maximum Gasteiger partial charge on any atom is 0.264 e. The number of methoxy groups -OCH3 is 1. The van der Waals surface area contributed by atoms with Gasteiger partial charge in [-0.15, -0.1) is 0 Å². The number of ether oxygens (including phenoxy) is 1. The fourth-order valence-electron chi connectivity index (χ4n) is 4.74. The molecule has 0 heterocycles. The second-order valence-electron chi connectivity index (χ2n) is 10.2. The quantitative estimate of drug-likeness (QED) is 0.210. The molecule has 1 N–H and O–H groups in total.